The normalized spacial score (nSPS) is 11.2. The molecule has 0 spiro atoms. The van der Waals surface area contributed by atoms with Crippen LogP contribution in [0.3, 0.4) is 0 Å². The Morgan fingerprint density at radius 2 is 1.88 bits per heavy atom. The maximum atomic E-state index is 13.1. The molecule has 3 nitrogen and oxygen atoms in total. The topological polar surface area (TPSA) is 38.3 Å². The van der Waals surface area contributed by atoms with E-state index < -0.39 is 23.5 Å². The van der Waals surface area contributed by atoms with Crippen LogP contribution >= 0.6 is 0 Å². The monoisotopic (exact) mass is 355 g/mol. The number of benzene rings is 2. The van der Waals surface area contributed by atoms with E-state index in [9.17, 15) is 22.4 Å². The highest BCUT2D eigenvalue weighted by Gasteiger charge is 2.33. The highest BCUT2D eigenvalue weighted by molar-refractivity contribution is 5.74. The number of ether oxygens (including phenoxy) is 1. The maximum Gasteiger partial charge on any atom is 0.416 e. The Hall–Kier alpha value is -2.57. The van der Waals surface area contributed by atoms with E-state index in [-0.39, 0.29) is 24.3 Å². The van der Waals surface area contributed by atoms with Crippen molar-refractivity contribution in [2.24, 2.45) is 0 Å². The highest BCUT2D eigenvalue weighted by atomic mass is 19.4. The van der Waals surface area contributed by atoms with Gasteiger partial charge in [0, 0.05) is 13.0 Å². The third-order valence-corrected chi connectivity index (χ3v) is 3.41. The van der Waals surface area contributed by atoms with Crippen LogP contribution in [0.25, 0.3) is 0 Å². The van der Waals surface area contributed by atoms with Crippen LogP contribution in [0, 0.1) is 5.82 Å². The second-order valence-corrected chi connectivity index (χ2v) is 5.37. The molecule has 0 aliphatic rings. The molecule has 0 atom stereocenters. The Morgan fingerprint density at radius 3 is 2.56 bits per heavy atom. The smallest absolute Gasteiger partial charge is 0.416 e. The molecule has 2 aromatic carbocycles. The van der Waals surface area contributed by atoms with Gasteiger partial charge in [-0.2, -0.15) is 13.2 Å². The summed E-state index contributed by atoms with van der Waals surface area (Å²) in [6.07, 6.45) is -3.80. The van der Waals surface area contributed by atoms with Gasteiger partial charge in [0.25, 0.3) is 0 Å². The number of para-hydroxylation sites is 2. The lowest BCUT2D eigenvalue weighted by Gasteiger charge is -2.16. The van der Waals surface area contributed by atoms with Crippen LogP contribution in [0.15, 0.2) is 42.5 Å². The molecule has 0 radical (unpaired) electrons. The van der Waals surface area contributed by atoms with Gasteiger partial charge in [0.1, 0.15) is 5.82 Å². The molecular formula is C18H17F4NO2. The molecule has 0 bridgehead atoms. The van der Waals surface area contributed by atoms with Gasteiger partial charge in [-0.1, -0.05) is 25.1 Å². The lowest BCUT2D eigenvalue weighted by atomic mass is 10.1. The van der Waals surface area contributed by atoms with E-state index in [0.29, 0.717) is 18.2 Å². The summed E-state index contributed by atoms with van der Waals surface area (Å²) >= 11 is 0. The standard InChI is InChI=1S/C18H17F4NO2/c1-2-5-17(24)25-16-7-4-3-6-15(16)23-11-12-8-9-13(19)10-14(12)18(20,21)22/h3-4,6-10,23H,2,5,11H2,1H3. The molecule has 7 heteroatoms. The minimum atomic E-state index is -4.66. The van der Waals surface area contributed by atoms with Gasteiger partial charge in [0.2, 0.25) is 0 Å². The number of rotatable bonds is 6. The van der Waals surface area contributed by atoms with Gasteiger partial charge in [-0.3, -0.25) is 4.79 Å². The SMILES string of the molecule is CCCC(=O)Oc1ccccc1NCc1ccc(F)cc1C(F)(F)F. The van der Waals surface area contributed by atoms with Crippen LogP contribution in [0.2, 0.25) is 0 Å². The fourth-order valence-corrected chi connectivity index (χ4v) is 2.24. The van der Waals surface area contributed by atoms with E-state index in [4.69, 9.17) is 4.74 Å². The van der Waals surface area contributed by atoms with Crippen molar-refractivity contribution >= 4 is 11.7 Å². The summed E-state index contributed by atoms with van der Waals surface area (Å²) in [6, 6.07) is 8.96. The van der Waals surface area contributed by atoms with Gasteiger partial charge in [-0.15, -0.1) is 0 Å². The Morgan fingerprint density at radius 1 is 1.16 bits per heavy atom. The molecule has 0 amide bonds. The average Bonchev–Trinajstić information content (AvgIpc) is 2.54. The molecule has 0 saturated heterocycles. The summed E-state index contributed by atoms with van der Waals surface area (Å²) in [4.78, 5) is 11.6. The molecule has 0 aliphatic carbocycles. The number of alkyl halides is 3. The van der Waals surface area contributed by atoms with Crippen LogP contribution in [-0.4, -0.2) is 5.97 Å². The van der Waals surface area contributed by atoms with E-state index in [1.54, 1.807) is 24.3 Å². The van der Waals surface area contributed by atoms with E-state index in [2.05, 4.69) is 5.32 Å². The Kier molecular flexibility index (Phi) is 6.01. The zero-order valence-corrected chi connectivity index (χ0v) is 13.5. The first-order valence-electron chi connectivity index (χ1n) is 7.70. The molecule has 0 unspecified atom stereocenters. The van der Waals surface area contributed by atoms with Gasteiger partial charge in [0.05, 0.1) is 11.3 Å². The predicted octanol–water partition coefficient (Wildman–Crippen LogP) is 5.16. The summed E-state index contributed by atoms with van der Waals surface area (Å²) in [6.45, 7) is 1.63. The number of halogens is 4. The second kappa shape index (κ2) is 8.00. The molecule has 134 valence electrons. The summed E-state index contributed by atoms with van der Waals surface area (Å²) < 4.78 is 57.4. The molecule has 0 fully saturated rings. The van der Waals surface area contributed by atoms with Crippen LogP contribution in [0.5, 0.6) is 5.75 Å². The van der Waals surface area contributed by atoms with Gasteiger partial charge >= 0.3 is 12.1 Å². The maximum absolute atomic E-state index is 13.1. The minimum absolute atomic E-state index is 0.108. The number of hydrogen-bond donors (Lipinski definition) is 1. The molecule has 25 heavy (non-hydrogen) atoms. The van der Waals surface area contributed by atoms with Crippen LogP contribution < -0.4 is 10.1 Å². The van der Waals surface area contributed by atoms with Crippen molar-refractivity contribution in [1.29, 1.82) is 0 Å². The number of nitrogens with one attached hydrogen (secondary N) is 1. The fourth-order valence-electron chi connectivity index (χ4n) is 2.24. The molecule has 0 aromatic heterocycles. The fraction of sp³-hybridized carbons (Fsp3) is 0.278. The summed E-state index contributed by atoms with van der Waals surface area (Å²) in [5, 5.41) is 2.81. The number of carbonyl (C=O) groups is 1. The number of hydrogen-bond acceptors (Lipinski definition) is 3. The van der Waals surface area contributed by atoms with E-state index in [0.717, 1.165) is 12.1 Å². The van der Waals surface area contributed by atoms with Gasteiger partial charge in [0.15, 0.2) is 5.75 Å². The minimum Gasteiger partial charge on any atom is -0.424 e. The first-order chi connectivity index (χ1) is 11.8. The lowest BCUT2D eigenvalue weighted by Crippen LogP contribution is -2.13. The first-order valence-corrected chi connectivity index (χ1v) is 7.70. The van der Waals surface area contributed by atoms with Crippen molar-refractivity contribution in [2.75, 3.05) is 5.32 Å². The average molecular weight is 355 g/mol. The third-order valence-electron chi connectivity index (χ3n) is 3.41. The van der Waals surface area contributed by atoms with Gasteiger partial charge < -0.3 is 10.1 Å². The molecular weight excluding hydrogens is 338 g/mol. The number of carbonyl (C=O) groups excluding carboxylic acids is 1. The molecule has 0 heterocycles. The Labute approximate surface area is 142 Å². The van der Waals surface area contributed by atoms with E-state index in [1.165, 1.54) is 0 Å². The van der Waals surface area contributed by atoms with Crippen molar-refractivity contribution in [3.05, 3.63) is 59.4 Å². The number of esters is 1. The van der Waals surface area contributed by atoms with Crippen molar-refractivity contribution in [3.8, 4) is 5.75 Å². The van der Waals surface area contributed by atoms with Gasteiger partial charge in [-0.25, -0.2) is 4.39 Å². The third kappa shape index (κ3) is 5.20. The van der Waals surface area contributed by atoms with Crippen LogP contribution in [0.4, 0.5) is 23.2 Å². The highest BCUT2D eigenvalue weighted by Crippen LogP contribution is 2.33. The van der Waals surface area contributed by atoms with Crippen LogP contribution in [0.1, 0.15) is 30.9 Å². The zero-order chi connectivity index (χ0) is 18.4. The van der Waals surface area contributed by atoms with Gasteiger partial charge in [-0.05, 0) is 36.2 Å². The van der Waals surface area contributed by atoms with Crippen LogP contribution in [-0.2, 0) is 17.5 Å². The van der Waals surface area contributed by atoms with Crippen molar-refractivity contribution in [1.82, 2.24) is 0 Å². The largest absolute Gasteiger partial charge is 0.424 e. The molecule has 2 rings (SSSR count). The molecule has 0 aliphatic heterocycles. The van der Waals surface area contributed by atoms with Crippen molar-refractivity contribution in [2.45, 2.75) is 32.5 Å². The summed E-state index contributed by atoms with van der Waals surface area (Å²) in [7, 11) is 0. The van der Waals surface area contributed by atoms with Crippen molar-refractivity contribution in [3.63, 3.8) is 0 Å². The summed E-state index contributed by atoms with van der Waals surface area (Å²) in [5.41, 5.74) is -0.770. The molecule has 2 aromatic rings. The quantitative estimate of drug-likeness (QED) is 0.442. The Balaban J connectivity index is 2.19. The van der Waals surface area contributed by atoms with E-state index in [1.807, 2.05) is 6.92 Å². The first kappa shape index (κ1) is 18.8. The molecule has 0 saturated carbocycles. The Bertz CT molecular complexity index is 744. The molecule has 1 N–H and O–H groups in total. The predicted molar refractivity (Wildman–Crippen MR) is 85.7 cm³/mol. The van der Waals surface area contributed by atoms with E-state index >= 15 is 0 Å². The number of anilines is 1. The summed E-state index contributed by atoms with van der Waals surface area (Å²) in [5.74, 6) is -1.14. The zero-order valence-electron chi connectivity index (χ0n) is 13.5. The second-order valence-electron chi connectivity index (χ2n) is 5.37. The lowest BCUT2D eigenvalue weighted by molar-refractivity contribution is -0.138. The van der Waals surface area contributed by atoms with Crippen molar-refractivity contribution < 1.29 is 27.1 Å².